The lowest BCUT2D eigenvalue weighted by Gasteiger charge is -2.22. The summed E-state index contributed by atoms with van der Waals surface area (Å²) >= 11 is 6.14. The smallest absolute Gasteiger partial charge is 0.337 e. The van der Waals surface area contributed by atoms with Gasteiger partial charge >= 0.3 is 5.97 Å². The van der Waals surface area contributed by atoms with Gasteiger partial charge in [0.05, 0.1) is 27.9 Å². The van der Waals surface area contributed by atoms with Gasteiger partial charge < -0.3 is 10.0 Å². The molecule has 0 unspecified atom stereocenters. The van der Waals surface area contributed by atoms with E-state index in [4.69, 9.17) is 16.9 Å². The Hall–Kier alpha value is -2.51. The van der Waals surface area contributed by atoms with Crippen molar-refractivity contribution >= 4 is 23.3 Å². The summed E-state index contributed by atoms with van der Waals surface area (Å²) in [6.45, 7) is 0.458. The van der Waals surface area contributed by atoms with Crippen molar-refractivity contribution < 1.29 is 9.90 Å². The molecule has 0 saturated heterocycles. The molecule has 0 aliphatic carbocycles. The summed E-state index contributed by atoms with van der Waals surface area (Å²) in [5.74, 6) is -1.02. The number of aromatic carboxylic acids is 1. The van der Waals surface area contributed by atoms with Gasteiger partial charge in [-0.3, -0.25) is 0 Å². The molecule has 0 atom stereocenters. The monoisotopic (exact) mass is 300 g/mol. The number of anilines is 1. The molecule has 2 aromatic rings. The van der Waals surface area contributed by atoms with E-state index in [0.717, 1.165) is 5.56 Å². The third kappa shape index (κ3) is 3.33. The van der Waals surface area contributed by atoms with E-state index in [9.17, 15) is 9.90 Å². The highest BCUT2D eigenvalue weighted by Gasteiger charge is 2.16. The minimum absolute atomic E-state index is 0.154. The van der Waals surface area contributed by atoms with Gasteiger partial charge in [-0.1, -0.05) is 29.8 Å². The molecule has 4 nitrogen and oxygen atoms in total. The number of carboxylic acid groups (broad SMARTS) is 1. The molecule has 1 N–H and O–H groups in total. The summed E-state index contributed by atoms with van der Waals surface area (Å²) in [6, 6.07) is 14.0. The maximum atomic E-state index is 11.3. The molecule has 0 amide bonds. The van der Waals surface area contributed by atoms with Crippen molar-refractivity contribution in [2.75, 3.05) is 11.9 Å². The van der Waals surface area contributed by atoms with E-state index in [2.05, 4.69) is 6.07 Å². The maximum Gasteiger partial charge on any atom is 0.337 e. The molecule has 2 aromatic carbocycles. The highest BCUT2D eigenvalue weighted by molar-refractivity contribution is 6.34. The average molecular weight is 301 g/mol. The highest BCUT2D eigenvalue weighted by Crippen LogP contribution is 2.30. The molecule has 21 heavy (non-hydrogen) atoms. The van der Waals surface area contributed by atoms with E-state index in [1.165, 1.54) is 6.07 Å². The largest absolute Gasteiger partial charge is 0.478 e. The SMILES string of the molecule is CN(Cc1cccc(C#N)c1)c1c(Cl)cccc1C(=O)O. The predicted octanol–water partition coefficient (Wildman–Crippen LogP) is 3.55. The van der Waals surface area contributed by atoms with Crippen LogP contribution in [-0.4, -0.2) is 18.1 Å². The molecule has 5 heteroatoms. The second-order valence-electron chi connectivity index (χ2n) is 4.61. The van der Waals surface area contributed by atoms with Crippen LogP contribution in [0.4, 0.5) is 5.69 Å². The van der Waals surface area contributed by atoms with Crippen LogP contribution in [0.5, 0.6) is 0 Å². The van der Waals surface area contributed by atoms with Gasteiger partial charge in [-0.15, -0.1) is 0 Å². The second-order valence-corrected chi connectivity index (χ2v) is 5.02. The number of nitriles is 1. The molecule has 0 aromatic heterocycles. The van der Waals surface area contributed by atoms with E-state index in [0.29, 0.717) is 22.8 Å². The lowest BCUT2D eigenvalue weighted by atomic mass is 10.1. The topological polar surface area (TPSA) is 64.3 Å². The molecule has 0 radical (unpaired) electrons. The van der Waals surface area contributed by atoms with Gasteiger partial charge in [0.1, 0.15) is 0 Å². The normalized spacial score (nSPS) is 9.95. The van der Waals surface area contributed by atoms with Crippen LogP contribution in [-0.2, 0) is 6.54 Å². The Morgan fingerprint density at radius 1 is 1.33 bits per heavy atom. The number of nitrogens with zero attached hydrogens (tertiary/aromatic N) is 2. The van der Waals surface area contributed by atoms with Crippen molar-refractivity contribution in [2.45, 2.75) is 6.54 Å². The van der Waals surface area contributed by atoms with Crippen LogP contribution in [0.1, 0.15) is 21.5 Å². The van der Waals surface area contributed by atoms with E-state index >= 15 is 0 Å². The minimum atomic E-state index is -1.02. The maximum absolute atomic E-state index is 11.3. The van der Waals surface area contributed by atoms with E-state index in [-0.39, 0.29) is 5.56 Å². The quantitative estimate of drug-likeness (QED) is 0.938. The molecular formula is C16H13ClN2O2. The summed E-state index contributed by atoms with van der Waals surface area (Å²) in [6.07, 6.45) is 0. The van der Waals surface area contributed by atoms with E-state index < -0.39 is 5.97 Å². The molecule has 0 fully saturated rings. The highest BCUT2D eigenvalue weighted by atomic mass is 35.5. The van der Waals surface area contributed by atoms with Gasteiger partial charge in [0, 0.05) is 13.6 Å². The molecular weight excluding hydrogens is 288 g/mol. The number of carboxylic acids is 1. The Morgan fingerprint density at radius 3 is 2.71 bits per heavy atom. The van der Waals surface area contributed by atoms with Crippen LogP contribution in [0.3, 0.4) is 0 Å². The lowest BCUT2D eigenvalue weighted by molar-refractivity contribution is 0.0697. The first-order valence-corrected chi connectivity index (χ1v) is 6.62. The lowest BCUT2D eigenvalue weighted by Crippen LogP contribution is -2.20. The number of benzene rings is 2. The third-order valence-electron chi connectivity index (χ3n) is 3.07. The second kappa shape index (κ2) is 6.29. The Balaban J connectivity index is 2.34. The average Bonchev–Trinajstić information content (AvgIpc) is 2.46. The number of carbonyl (C=O) groups is 1. The summed E-state index contributed by atoms with van der Waals surface area (Å²) in [5, 5.41) is 18.6. The molecule has 0 aliphatic rings. The number of hydrogen-bond donors (Lipinski definition) is 1. The van der Waals surface area contributed by atoms with Crippen molar-refractivity contribution in [1.29, 1.82) is 5.26 Å². The molecule has 0 saturated carbocycles. The van der Waals surface area contributed by atoms with Crippen LogP contribution in [0.15, 0.2) is 42.5 Å². The summed E-state index contributed by atoms with van der Waals surface area (Å²) < 4.78 is 0. The number of hydrogen-bond acceptors (Lipinski definition) is 3. The Kier molecular flexibility index (Phi) is 4.46. The van der Waals surface area contributed by atoms with Crippen molar-refractivity contribution in [3.63, 3.8) is 0 Å². The van der Waals surface area contributed by atoms with Crippen molar-refractivity contribution in [3.05, 3.63) is 64.2 Å². The summed E-state index contributed by atoms with van der Waals surface area (Å²) in [4.78, 5) is 13.1. The van der Waals surface area contributed by atoms with Gasteiger partial charge in [0.25, 0.3) is 0 Å². The number of para-hydroxylation sites is 1. The van der Waals surface area contributed by atoms with Gasteiger partial charge in [-0.2, -0.15) is 5.26 Å². The van der Waals surface area contributed by atoms with Crippen molar-refractivity contribution in [2.24, 2.45) is 0 Å². The Bertz CT molecular complexity index is 722. The van der Waals surface area contributed by atoms with Crippen LogP contribution >= 0.6 is 11.6 Å². The van der Waals surface area contributed by atoms with Crippen molar-refractivity contribution in [3.8, 4) is 6.07 Å². The zero-order chi connectivity index (χ0) is 15.4. The van der Waals surface area contributed by atoms with Crippen LogP contribution in [0.25, 0.3) is 0 Å². The van der Waals surface area contributed by atoms with Crippen LogP contribution in [0.2, 0.25) is 5.02 Å². The molecule has 0 bridgehead atoms. The standard InChI is InChI=1S/C16H13ClN2O2/c1-19(10-12-5-2-4-11(8-12)9-18)15-13(16(20)21)6-3-7-14(15)17/h2-8H,10H2,1H3,(H,20,21). The minimum Gasteiger partial charge on any atom is -0.478 e. The third-order valence-corrected chi connectivity index (χ3v) is 3.38. The molecule has 106 valence electrons. The predicted molar refractivity (Wildman–Crippen MR) is 81.7 cm³/mol. The van der Waals surface area contributed by atoms with Crippen molar-refractivity contribution in [1.82, 2.24) is 0 Å². The summed E-state index contributed by atoms with van der Waals surface area (Å²) in [7, 11) is 1.77. The molecule has 2 rings (SSSR count). The van der Waals surface area contributed by atoms with Crippen LogP contribution in [0, 0.1) is 11.3 Å². The first-order chi connectivity index (χ1) is 10.0. The zero-order valence-electron chi connectivity index (χ0n) is 11.4. The molecule has 0 spiro atoms. The van der Waals surface area contributed by atoms with E-state index in [1.807, 2.05) is 6.07 Å². The van der Waals surface area contributed by atoms with Gasteiger partial charge in [0.2, 0.25) is 0 Å². The fourth-order valence-electron chi connectivity index (χ4n) is 2.17. The Labute approximate surface area is 127 Å². The first-order valence-electron chi connectivity index (χ1n) is 6.25. The summed E-state index contributed by atoms with van der Waals surface area (Å²) in [5.41, 5.74) is 2.10. The van der Waals surface area contributed by atoms with Gasteiger partial charge in [0.15, 0.2) is 0 Å². The van der Waals surface area contributed by atoms with Gasteiger partial charge in [-0.25, -0.2) is 4.79 Å². The van der Waals surface area contributed by atoms with Crippen LogP contribution < -0.4 is 4.90 Å². The first kappa shape index (κ1) is 14.9. The van der Waals surface area contributed by atoms with Gasteiger partial charge in [-0.05, 0) is 29.8 Å². The molecule has 0 heterocycles. The number of rotatable bonds is 4. The number of halogens is 1. The fourth-order valence-corrected chi connectivity index (χ4v) is 2.49. The Morgan fingerprint density at radius 2 is 2.05 bits per heavy atom. The van der Waals surface area contributed by atoms with E-state index in [1.54, 1.807) is 42.3 Å². The zero-order valence-corrected chi connectivity index (χ0v) is 12.1. The molecule has 0 aliphatic heterocycles. The fraction of sp³-hybridized carbons (Fsp3) is 0.125.